The minimum atomic E-state index is -4.53. The summed E-state index contributed by atoms with van der Waals surface area (Å²) in [5.41, 5.74) is 1.14. The molecule has 3 aromatic heterocycles. The molecule has 0 amide bonds. The number of anilines is 1. The molecule has 0 aliphatic carbocycles. The van der Waals surface area contributed by atoms with Crippen LogP contribution < -0.4 is 5.32 Å². The summed E-state index contributed by atoms with van der Waals surface area (Å²) in [4.78, 5) is 8.50. The monoisotopic (exact) mass is 367 g/mol. The Morgan fingerprint density at radius 1 is 1.28 bits per heavy atom. The van der Waals surface area contributed by atoms with Gasteiger partial charge in [0.25, 0.3) is 0 Å². The summed E-state index contributed by atoms with van der Waals surface area (Å²) >= 11 is 1.33. The summed E-state index contributed by atoms with van der Waals surface area (Å²) < 4.78 is 41.2. The molecule has 25 heavy (non-hydrogen) atoms. The number of hydrogen-bond acceptors (Lipinski definition) is 5. The molecule has 9 heteroatoms. The highest BCUT2D eigenvalue weighted by Crippen LogP contribution is 2.32. The maximum Gasteiger partial charge on any atom is 0.433 e. The van der Waals surface area contributed by atoms with Gasteiger partial charge in [0.05, 0.1) is 16.8 Å². The number of rotatable bonds is 5. The SMILES string of the molecule is CCn1ncc(CNc2nc(-c3cccs3)cc(C(F)(F)F)n2)c1C. The number of aromatic nitrogens is 4. The van der Waals surface area contributed by atoms with E-state index in [1.165, 1.54) is 11.3 Å². The third-order valence-electron chi connectivity index (χ3n) is 3.73. The standard InChI is InChI=1S/C16H16F3N5S/c1-3-24-10(2)11(9-21-24)8-20-15-22-12(13-5-4-6-25-13)7-14(23-15)16(17,18)19/h4-7,9H,3,8H2,1-2H3,(H,20,22,23). The summed E-state index contributed by atoms with van der Waals surface area (Å²) in [6.45, 7) is 4.92. The van der Waals surface area contributed by atoms with Crippen molar-refractivity contribution in [3.63, 3.8) is 0 Å². The number of thiophene rings is 1. The molecule has 0 saturated heterocycles. The highest BCUT2D eigenvalue weighted by atomic mass is 32.1. The van der Waals surface area contributed by atoms with Gasteiger partial charge in [-0.15, -0.1) is 11.3 Å². The second-order valence-electron chi connectivity index (χ2n) is 5.36. The van der Waals surface area contributed by atoms with Crippen LogP contribution in [0.3, 0.4) is 0 Å². The molecule has 3 aromatic rings. The van der Waals surface area contributed by atoms with Gasteiger partial charge in [0, 0.05) is 24.3 Å². The van der Waals surface area contributed by atoms with Crippen LogP contribution in [0.25, 0.3) is 10.6 Å². The molecule has 132 valence electrons. The fraction of sp³-hybridized carbons (Fsp3) is 0.312. The van der Waals surface area contributed by atoms with E-state index in [1.54, 1.807) is 23.7 Å². The van der Waals surface area contributed by atoms with Crippen LogP contribution in [0.5, 0.6) is 0 Å². The lowest BCUT2D eigenvalue weighted by Crippen LogP contribution is -2.13. The number of alkyl halides is 3. The molecule has 0 aliphatic rings. The van der Waals surface area contributed by atoms with Crippen molar-refractivity contribution >= 4 is 17.3 Å². The maximum atomic E-state index is 13.1. The van der Waals surface area contributed by atoms with E-state index >= 15 is 0 Å². The van der Waals surface area contributed by atoms with Crippen molar-refractivity contribution in [2.75, 3.05) is 5.32 Å². The third-order valence-corrected chi connectivity index (χ3v) is 4.62. The van der Waals surface area contributed by atoms with Crippen molar-refractivity contribution in [2.24, 2.45) is 0 Å². The van der Waals surface area contributed by atoms with Crippen molar-refractivity contribution in [1.82, 2.24) is 19.7 Å². The molecule has 0 saturated carbocycles. The molecular weight excluding hydrogens is 351 g/mol. The van der Waals surface area contributed by atoms with Gasteiger partial charge in [-0.05, 0) is 31.4 Å². The van der Waals surface area contributed by atoms with Gasteiger partial charge < -0.3 is 5.32 Å². The molecule has 0 spiro atoms. The zero-order valence-corrected chi connectivity index (χ0v) is 14.4. The molecule has 0 radical (unpaired) electrons. The summed E-state index contributed by atoms with van der Waals surface area (Å²) in [6, 6.07) is 4.47. The van der Waals surface area contributed by atoms with Crippen molar-refractivity contribution in [2.45, 2.75) is 33.1 Å². The van der Waals surface area contributed by atoms with E-state index < -0.39 is 11.9 Å². The molecule has 0 aliphatic heterocycles. The van der Waals surface area contributed by atoms with E-state index in [1.807, 2.05) is 18.5 Å². The second kappa shape index (κ2) is 6.83. The lowest BCUT2D eigenvalue weighted by Gasteiger charge is -2.11. The Labute approximate surface area is 146 Å². The van der Waals surface area contributed by atoms with Crippen LogP contribution >= 0.6 is 11.3 Å². The molecule has 5 nitrogen and oxygen atoms in total. The number of aryl methyl sites for hydroxylation is 1. The highest BCUT2D eigenvalue weighted by molar-refractivity contribution is 7.13. The van der Waals surface area contributed by atoms with Crippen LogP contribution in [0.15, 0.2) is 29.8 Å². The Kier molecular flexibility index (Phi) is 4.76. The van der Waals surface area contributed by atoms with E-state index in [-0.39, 0.29) is 11.6 Å². The Balaban J connectivity index is 1.89. The first-order valence-electron chi connectivity index (χ1n) is 7.63. The van der Waals surface area contributed by atoms with Gasteiger partial charge >= 0.3 is 6.18 Å². The fourth-order valence-corrected chi connectivity index (χ4v) is 3.06. The normalized spacial score (nSPS) is 11.7. The topological polar surface area (TPSA) is 55.6 Å². The molecule has 3 heterocycles. The molecule has 0 atom stereocenters. The predicted octanol–water partition coefficient (Wildman–Crippen LogP) is 4.36. The fourth-order valence-electron chi connectivity index (χ4n) is 2.37. The molecule has 1 N–H and O–H groups in total. The van der Waals surface area contributed by atoms with Crippen LogP contribution in [0, 0.1) is 6.92 Å². The smallest absolute Gasteiger partial charge is 0.350 e. The Morgan fingerprint density at radius 3 is 2.68 bits per heavy atom. The first kappa shape index (κ1) is 17.4. The Hall–Kier alpha value is -2.42. The highest BCUT2D eigenvalue weighted by Gasteiger charge is 2.34. The number of nitrogens with zero attached hydrogens (tertiary/aromatic N) is 4. The van der Waals surface area contributed by atoms with Crippen molar-refractivity contribution in [3.05, 3.63) is 46.7 Å². The van der Waals surface area contributed by atoms with Gasteiger partial charge in [-0.3, -0.25) is 4.68 Å². The van der Waals surface area contributed by atoms with Gasteiger partial charge in [0.1, 0.15) is 0 Å². The van der Waals surface area contributed by atoms with Crippen LogP contribution in [0.4, 0.5) is 19.1 Å². The van der Waals surface area contributed by atoms with Crippen LogP contribution in [-0.4, -0.2) is 19.7 Å². The molecule has 3 rings (SSSR count). The predicted molar refractivity (Wildman–Crippen MR) is 90.3 cm³/mol. The van der Waals surface area contributed by atoms with E-state index in [4.69, 9.17) is 0 Å². The Bertz CT molecular complexity index is 855. The van der Waals surface area contributed by atoms with Crippen LogP contribution in [0.2, 0.25) is 0 Å². The molecule has 0 bridgehead atoms. The number of halogens is 3. The molecule has 0 aromatic carbocycles. The van der Waals surface area contributed by atoms with Gasteiger partial charge in [0.2, 0.25) is 5.95 Å². The minimum absolute atomic E-state index is 0.0538. The van der Waals surface area contributed by atoms with E-state index in [0.29, 0.717) is 11.4 Å². The van der Waals surface area contributed by atoms with Gasteiger partial charge in [-0.25, -0.2) is 9.97 Å². The summed E-state index contributed by atoms with van der Waals surface area (Å²) in [5.74, 6) is -0.0538. The van der Waals surface area contributed by atoms with E-state index in [9.17, 15) is 13.2 Å². The third kappa shape index (κ3) is 3.81. The molecule has 0 fully saturated rings. The first-order valence-corrected chi connectivity index (χ1v) is 8.51. The zero-order valence-electron chi connectivity index (χ0n) is 13.6. The van der Waals surface area contributed by atoms with Gasteiger partial charge in [-0.1, -0.05) is 6.07 Å². The average Bonchev–Trinajstić information content (AvgIpc) is 3.22. The van der Waals surface area contributed by atoms with Gasteiger partial charge in [-0.2, -0.15) is 18.3 Å². The van der Waals surface area contributed by atoms with E-state index in [0.717, 1.165) is 23.9 Å². The van der Waals surface area contributed by atoms with Crippen molar-refractivity contribution < 1.29 is 13.2 Å². The Morgan fingerprint density at radius 2 is 2.08 bits per heavy atom. The molecule has 0 unspecified atom stereocenters. The maximum absolute atomic E-state index is 13.1. The van der Waals surface area contributed by atoms with E-state index in [2.05, 4.69) is 20.4 Å². The average molecular weight is 367 g/mol. The largest absolute Gasteiger partial charge is 0.433 e. The summed E-state index contributed by atoms with van der Waals surface area (Å²) in [5, 5.41) is 8.89. The zero-order chi connectivity index (χ0) is 18.0. The lowest BCUT2D eigenvalue weighted by molar-refractivity contribution is -0.141. The summed E-state index contributed by atoms with van der Waals surface area (Å²) in [7, 11) is 0. The lowest BCUT2D eigenvalue weighted by atomic mass is 10.2. The molecular formula is C16H16F3N5S. The quantitative estimate of drug-likeness (QED) is 0.728. The number of hydrogen-bond donors (Lipinski definition) is 1. The second-order valence-corrected chi connectivity index (χ2v) is 6.31. The number of nitrogens with one attached hydrogen (secondary N) is 1. The van der Waals surface area contributed by atoms with Crippen molar-refractivity contribution in [1.29, 1.82) is 0 Å². The first-order chi connectivity index (χ1) is 11.9. The minimum Gasteiger partial charge on any atom is -0.350 e. The van der Waals surface area contributed by atoms with Gasteiger partial charge in [0.15, 0.2) is 5.69 Å². The van der Waals surface area contributed by atoms with Crippen LogP contribution in [0.1, 0.15) is 23.9 Å². The summed E-state index contributed by atoms with van der Waals surface area (Å²) in [6.07, 6.45) is -2.84. The van der Waals surface area contributed by atoms with Crippen LogP contribution in [-0.2, 0) is 19.3 Å². The van der Waals surface area contributed by atoms with Crippen molar-refractivity contribution in [3.8, 4) is 10.6 Å².